The van der Waals surface area contributed by atoms with E-state index in [1.165, 1.54) is 44.2 Å². The summed E-state index contributed by atoms with van der Waals surface area (Å²) in [5, 5.41) is 8.89. The third kappa shape index (κ3) is 9.82. The molecule has 0 unspecified atom stereocenters. The van der Waals surface area contributed by atoms with E-state index in [-0.39, 0.29) is 0 Å². The van der Waals surface area contributed by atoms with Crippen LogP contribution in [-0.4, -0.2) is 5.97 Å². The van der Waals surface area contributed by atoms with Crippen LogP contribution in [0.3, 0.4) is 0 Å². The molecule has 102 valence electrons. The number of aliphatic carboxylic acids is 1. The van der Waals surface area contributed by atoms with E-state index in [0.29, 0.717) is 0 Å². The van der Waals surface area contributed by atoms with Crippen LogP contribution in [0.5, 0.6) is 0 Å². The molecule has 1 rings (SSSR count). The Bertz CT molecular complexity index is 333. The molecule has 18 heavy (non-hydrogen) atoms. The van der Waals surface area contributed by atoms with Gasteiger partial charge in [-0.3, -0.25) is 0 Å². The van der Waals surface area contributed by atoms with Crippen LogP contribution in [-0.2, 0) is 17.8 Å². The molecule has 0 aliphatic carbocycles. The van der Waals surface area contributed by atoms with Crippen LogP contribution in [0.2, 0.25) is 0 Å². The lowest BCUT2D eigenvalue weighted by molar-refractivity contribution is -0.697. The lowest BCUT2D eigenvalue weighted by Crippen LogP contribution is -2.33. The predicted molar refractivity (Wildman–Crippen MR) is 70.8 cm³/mol. The Hall–Kier alpha value is -1.38. The molecule has 0 N–H and O–H groups in total. The van der Waals surface area contributed by atoms with Gasteiger partial charge in [0.1, 0.15) is 6.54 Å². The molecular weight excluding hydrogens is 226 g/mol. The van der Waals surface area contributed by atoms with Crippen molar-refractivity contribution in [2.75, 3.05) is 0 Å². The van der Waals surface area contributed by atoms with Gasteiger partial charge in [0.25, 0.3) is 0 Å². The SMILES string of the molecule is CC(=O)[O-].CCCCC[n+]1cccc(CCC)c1. The minimum atomic E-state index is -1.08. The summed E-state index contributed by atoms with van der Waals surface area (Å²) in [5.74, 6) is -1.08. The van der Waals surface area contributed by atoms with Crippen molar-refractivity contribution in [2.45, 2.75) is 59.4 Å². The largest absolute Gasteiger partial charge is 0.550 e. The van der Waals surface area contributed by atoms with Crippen molar-refractivity contribution in [3.8, 4) is 0 Å². The number of pyridine rings is 1. The molecule has 1 heterocycles. The standard InChI is InChI=1S/C13H22N.C2H4O2/c1-3-5-6-10-14-11-7-9-13(12-14)8-4-2;1-2(3)4/h7,9,11-12H,3-6,8,10H2,1-2H3;1H3,(H,3,4)/q+1;/p-1. The van der Waals surface area contributed by atoms with Gasteiger partial charge in [0.15, 0.2) is 12.4 Å². The molecule has 0 aliphatic heterocycles. The fourth-order valence-corrected chi connectivity index (χ4v) is 1.70. The molecule has 0 spiro atoms. The average Bonchev–Trinajstić information content (AvgIpc) is 2.30. The number of unbranched alkanes of at least 4 members (excludes halogenated alkanes) is 2. The number of carboxylic acid groups (broad SMARTS) is 1. The van der Waals surface area contributed by atoms with Crippen molar-refractivity contribution < 1.29 is 14.5 Å². The Kier molecular flexibility index (Phi) is 9.93. The topological polar surface area (TPSA) is 44.0 Å². The fraction of sp³-hybridized carbons (Fsp3) is 0.600. The van der Waals surface area contributed by atoms with Crippen molar-refractivity contribution in [3.63, 3.8) is 0 Å². The van der Waals surface area contributed by atoms with Gasteiger partial charge >= 0.3 is 0 Å². The number of hydrogen-bond donors (Lipinski definition) is 0. The normalized spacial score (nSPS) is 9.50. The number of rotatable bonds is 6. The van der Waals surface area contributed by atoms with E-state index in [4.69, 9.17) is 9.90 Å². The third-order valence-corrected chi connectivity index (χ3v) is 2.48. The quantitative estimate of drug-likeness (QED) is 0.572. The summed E-state index contributed by atoms with van der Waals surface area (Å²) in [4.78, 5) is 8.89. The zero-order chi connectivity index (χ0) is 13.8. The van der Waals surface area contributed by atoms with Crippen LogP contribution < -0.4 is 9.67 Å². The third-order valence-electron chi connectivity index (χ3n) is 2.48. The predicted octanol–water partition coefficient (Wildman–Crippen LogP) is 1.87. The van der Waals surface area contributed by atoms with Crippen LogP contribution in [0.1, 0.15) is 52.0 Å². The number of carboxylic acids is 1. The molecule has 0 atom stereocenters. The maximum atomic E-state index is 8.89. The fourth-order valence-electron chi connectivity index (χ4n) is 1.70. The maximum absolute atomic E-state index is 8.89. The van der Waals surface area contributed by atoms with Crippen molar-refractivity contribution in [1.82, 2.24) is 0 Å². The van der Waals surface area contributed by atoms with Crippen LogP contribution in [0.25, 0.3) is 0 Å². The number of carbonyl (C=O) groups excluding carboxylic acids is 1. The Balaban J connectivity index is 0.000000631. The molecule has 3 heteroatoms. The number of aryl methyl sites for hydroxylation is 2. The molecular formula is C15H25NO2. The van der Waals surface area contributed by atoms with E-state index in [9.17, 15) is 0 Å². The van der Waals surface area contributed by atoms with Crippen molar-refractivity contribution in [3.05, 3.63) is 30.1 Å². The Morgan fingerprint density at radius 1 is 1.28 bits per heavy atom. The second-order valence-corrected chi connectivity index (χ2v) is 4.40. The summed E-state index contributed by atoms with van der Waals surface area (Å²) in [6.45, 7) is 6.62. The van der Waals surface area contributed by atoms with Gasteiger partial charge in [-0.25, -0.2) is 4.57 Å². The second-order valence-electron chi connectivity index (χ2n) is 4.40. The van der Waals surface area contributed by atoms with Gasteiger partial charge in [-0.15, -0.1) is 0 Å². The van der Waals surface area contributed by atoms with E-state index in [1.54, 1.807) is 0 Å². The highest BCUT2D eigenvalue weighted by atomic mass is 16.4. The minimum absolute atomic E-state index is 0.972. The number of aromatic nitrogens is 1. The first-order chi connectivity index (χ1) is 8.60. The van der Waals surface area contributed by atoms with Gasteiger partial charge in [-0.2, -0.15) is 0 Å². The molecule has 0 saturated heterocycles. The molecule has 1 aromatic heterocycles. The summed E-state index contributed by atoms with van der Waals surface area (Å²) in [7, 11) is 0. The van der Waals surface area contributed by atoms with Gasteiger partial charge < -0.3 is 9.90 Å². The molecule has 0 aliphatic rings. The van der Waals surface area contributed by atoms with Gasteiger partial charge in [0, 0.05) is 24.0 Å². The van der Waals surface area contributed by atoms with Crippen molar-refractivity contribution in [1.29, 1.82) is 0 Å². The van der Waals surface area contributed by atoms with Gasteiger partial charge in [-0.1, -0.05) is 26.7 Å². The Labute approximate surface area is 110 Å². The Morgan fingerprint density at radius 3 is 2.50 bits per heavy atom. The van der Waals surface area contributed by atoms with E-state index >= 15 is 0 Å². The summed E-state index contributed by atoms with van der Waals surface area (Å²) < 4.78 is 2.32. The first kappa shape index (κ1) is 16.6. The molecule has 0 saturated carbocycles. The number of hydrogen-bond acceptors (Lipinski definition) is 2. The van der Waals surface area contributed by atoms with E-state index in [2.05, 4.69) is 42.9 Å². The molecule has 0 bridgehead atoms. The summed E-state index contributed by atoms with van der Waals surface area (Å²) in [5.41, 5.74) is 1.46. The van der Waals surface area contributed by atoms with Crippen molar-refractivity contribution in [2.24, 2.45) is 0 Å². The minimum Gasteiger partial charge on any atom is -0.550 e. The van der Waals surface area contributed by atoms with Crippen LogP contribution in [0, 0.1) is 0 Å². The number of nitrogens with zero attached hydrogens (tertiary/aromatic N) is 1. The summed E-state index contributed by atoms with van der Waals surface area (Å²) in [6.07, 6.45) is 10.8. The first-order valence-electron chi connectivity index (χ1n) is 6.75. The van der Waals surface area contributed by atoms with Crippen LogP contribution in [0.15, 0.2) is 24.5 Å². The smallest absolute Gasteiger partial charge is 0.171 e. The van der Waals surface area contributed by atoms with Crippen LogP contribution >= 0.6 is 0 Å². The molecule has 0 fully saturated rings. The molecule has 0 amide bonds. The van der Waals surface area contributed by atoms with E-state index < -0.39 is 5.97 Å². The van der Waals surface area contributed by atoms with Gasteiger partial charge in [-0.05, 0) is 25.8 Å². The zero-order valence-electron chi connectivity index (χ0n) is 11.8. The van der Waals surface area contributed by atoms with Crippen LogP contribution in [0.4, 0.5) is 0 Å². The number of carbonyl (C=O) groups is 1. The second kappa shape index (κ2) is 10.8. The van der Waals surface area contributed by atoms with Gasteiger partial charge in [0.05, 0.1) is 0 Å². The molecule has 3 nitrogen and oxygen atoms in total. The van der Waals surface area contributed by atoms with Gasteiger partial charge in [0.2, 0.25) is 0 Å². The van der Waals surface area contributed by atoms with E-state index in [1.807, 2.05) is 0 Å². The highest BCUT2D eigenvalue weighted by Gasteiger charge is 2.01. The van der Waals surface area contributed by atoms with E-state index in [0.717, 1.165) is 6.92 Å². The van der Waals surface area contributed by atoms with Crippen molar-refractivity contribution >= 4 is 5.97 Å². The molecule has 1 aromatic rings. The molecule has 0 aromatic carbocycles. The lowest BCUT2D eigenvalue weighted by Gasteiger charge is -1.99. The molecule has 0 radical (unpaired) electrons. The Morgan fingerprint density at radius 2 is 1.94 bits per heavy atom. The highest BCUT2D eigenvalue weighted by molar-refractivity contribution is 5.60. The maximum Gasteiger partial charge on any atom is 0.171 e. The highest BCUT2D eigenvalue weighted by Crippen LogP contribution is 1.99. The average molecular weight is 251 g/mol. The summed E-state index contributed by atoms with van der Waals surface area (Å²) >= 11 is 0. The lowest BCUT2D eigenvalue weighted by atomic mass is 10.2. The first-order valence-corrected chi connectivity index (χ1v) is 6.75. The summed E-state index contributed by atoms with van der Waals surface area (Å²) in [6, 6.07) is 4.39. The zero-order valence-corrected chi connectivity index (χ0v) is 11.8. The monoisotopic (exact) mass is 251 g/mol.